The van der Waals surface area contributed by atoms with Crippen LogP contribution in [-0.2, 0) is 13.1 Å². The molecule has 0 saturated carbocycles. The van der Waals surface area contributed by atoms with Gasteiger partial charge in [-0.05, 0) is 42.8 Å². The van der Waals surface area contributed by atoms with Crippen LogP contribution in [0.3, 0.4) is 0 Å². The molecule has 2 heterocycles. The summed E-state index contributed by atoms with van der Waals surface area (Å²) < 4.78 is 42.5. The number of nitrogens with zero attached hydrogens (tertiary/aromatic N) is 5. The highest BCUT2D eigenvalue weighted by Gasteiger charge is 2.39. The van der Waals surface area contributed by atoms with Gasteiger partial charge >= 0.3 is 11.9 Å². The zero-order chi connectivity index (χ0) is 27.1. The van der Waals surface area contributed by atoms with Gasteiger partial charge in [-0.15, -0.1) is 5.10 Å². The molecule has 0 amide bonds. The maximum Gasteiger partial charge on any atom is 0.416 e. The van der Waals surface area contributed by atoms with Gasteiger partial charge in [-0.25, -0.2) is 14.5 Å². The Morgan fingerprint density at radius 2 is 1.70 bits per heavy atom. The smallest absolute Gasteiger partial charge is 0.385 e. The Morgan fingerprint density at radius 1 is 1.03 bits per heavy atom. The number of rotatable bonds is 7. The maximum atomic E-state index is 13.2. The summed E-state index contributed by atoms with van der Waals surface area (Å²) in [6, 6.07) is 10.8. The van der Waals surface area contributed by atoms with Gasteiger partial charge in [0.1, 0.15) is 6.10 Å². The van der Waals surface area contributed by atoms with E-state index in [1.54, 1.807) is 24.3 Å². The molecule has 37 heavy (non-hydrogen) atoms. The van der Waals surface area contributed by atoms with Crippen molar-refractivity contribution in [2.45, 2.75) is 38.4 Å². The van der Waals surface area contributed by atoms with Crippen LogP contribution in [0.15, 0.2) is 53.5 Å². The molecule has 0 fully saturated rings. The summed E-state index contributed by atoms with van der Waals surface area (Å²) in [6.07, 6.45) is -7.40. The second kappa shape index (κ2) is 10.5. The zero-order valence-electron chi connectivity index (χ0n) is 19.0. The minimum Gasteiger partial charge on any atom is -0.385 e. The highest BCUT2D eigenvalue weighted by molar-refractivity contribution is 6.42. The fraction of sp³-hybridized carbons (Fsp3) is 0.261. The van der Waals surface area contributed by atoms with E-state index >= 15 is 0 Å². The molecule has 2 aromatic carbocycles. The van der Waals surface area contributed by atoms with Crippen molar-refractivity contribution in [2.75, 3.05) is 0 Å². The Kier molecular flexibility index (Phi) is 7.72. The molecule has 0 bridgehead atoms. The van der Waals surface area contributed by atoms with Gasteiger partial charge in [0.05, 0.1) is 34.5 Å². The molecule has 8 nitrogen and oxygen atoms in total. The van der Waals surface area contributed by atoms with E-state index in [1.165, 1.54) is 36.0 Å². The van der Waals surface area contributed by atoms with E-state index in [4.69, 9.17) is 34.8 Å². The Labute approximate surface area is 223 Å². The molecule has 2 aromatic heterocycles. The van der Waals surface area contributed by atoms with E-state index in [9.17, 15) is 28.2 Å². The highest BCUT2D eigenvalue weighted by Crippen LogP contribution is 2.27. The van der Waals surface area contributed by atoms with Gasteiger partial charge in [-0.2, -0.15) is 13.2 Å². The first kappa shape index (κ1) is 27.2. The van der Waals surface area contributed by atoms with Crippen LogP contribution in [0.2, 0.25) is 15.1 Å². The number of aliphatic hydroxyl groups is 2. The van der Waals surface area contributed by atoms with Crippen molar-refractivity contribution >= 4 is 34.8 Å². The van der Waals surface area contributed by atoms with Crippen molar-refractivity contribution in [2.24, 2.45) is 0 Å². The average Bonchev–Trinajstić information content (AvgIpc) is 3.38. The van der Waals surface area contributed by atoms with Crippen LogP contribution in [0, 0.1) is 0 Å². The van der Waals surface area contributed by atoms with Gasteiger partial charge in [-0.1, -0.05) is 46.9 Å². The largest absolute Gasteiger partial charge is 0.416 e. The molecule has 2 N–H and O–H groups in total. The van der Waals surface area contributed by atoms with E-state index in [1.807, 2.05) is 0 Å². The van der Waals surface area contributed by atoms with Crippen LogP contribution in [-0.4, -0.2) is 46.4 Å². The molecule has 0 radical (unpaired) electrons. The van der Waals surface area contributed by atoms with Gasteiger partial charge < -0.3 is 10.2 Å². The molecule has 2 atom stereocenters. The van der Waals surface area contributed by atoms with E-state index in [0.29, 0.717) is 21.3 Å². The van der Waals surface area contributed by atoms with E-state index in [2.05, 4.69) is 10.1 Å². The van der Waals surface area contributed by atoms with Crippen LogP contribution < -0.4 is 5.69 Å². The minimum absolute atomic E-state index is 0.0975. The van der Waals surface area contributed by atoms with Crippen LogP contribution in [0.1, 0.15) is 24.7 Å². The number of halogens is 6. The quantitative estimate of drug-likeness (QED) is 0.327. The van der Waals surface area contributed by atoms with Gasteiger partial charge in [0.25, 0.3) is 0 Å². The topological polar surface area (TPSA) is 98.1 Å². The van der Waals surface area contributed by atoms with Crippen LogP contribution in [0.4, 0.5) is 13.2 Å². The number of benzene rings is 2. The van der Waals surface area contributed by atoms with E-state index in [-0.39, 0.29) is 28.9 Å². The normalized spacial score (nSPS) is 13.6. The summed E-state index contributed by atoms with van der Waals surface area (Å²) >= 11 is 18.0. The van der Waals surface area contributed by atoms with Gasteiger partial charge in [0.2, 0.25) is 0 Å². The van der Waals surface area contributed by atoms with Crippen molar-refractivity contribution in [3.63, 3.8) is 0 Å². The molecular formula is C23H19Cl3F3N5O3. The van der Waals surface area contributed by atoms with E-state index < -0.39 is 30.6 Å². The highest BCUT2D eigenvalue weighted by atomic mass is 35.5. The average molecular weight is 577 g/mol. The van der Waals surface area contributed by atoms with Crippen molar-refractivity contribution < 1.29 is 23.4 Å². The number of imidazole rings is 1. The van der Waals surface area contributed by atoms with E-state index in [0.717, 1.165) is 9.13 Å². The Balaban J connectivity index is 1.77. The number of alkyl halides is 3. The third-order valence-corrected chi connectivity index (χ3v) is 6.42. The number of hydrogen-bond donors (Lipinski definition) is 2. The van der Waals surface area contributed by atoms with Crippen molar-refractivity contribution in [1.82, 2.24) is 23.9 Å². The molecule has 14 heteroatoms. The predicted molar refractivity (Wildman–Crippen MR) is 132 cm³/mol. The number of aromatic nitrogens is 5. The van der Waals surface area contributed by atoms with Crippen LogP contribution in [0.25, 0.3) is 16.9 Å². The third-order valence-electron chi connectivity index (χ3n) is 5.43. The second-order valence-corrected chi connectivity index (χ2v) is 9.42. The second-order valence-electron chi connectivity index (χ2n) is 8.17. The molecule has 0 aliphatic rings. The zero-order valence-corrected chi connectivity index (χ0v) is 21.3. The standard InChI is InChI=1S/C23H19Cl3F3N5O3/c1-12(35)21-30-20(31-34(21)15-6-7-16(25)17(26)8-15)11-32-9-18(13-2-4-14(24)5-3-13)33(22(32)37)10-19(36)23(27,28)29/h2-9,12,19,35-36H,10-11H2,1H3/t12-,19-/m0/s1. The molecule has 0 aliphatic heterocycles. The first-order valence-corrected chi connectivity index (χ1v) is 11.9. The Hall–Kier alpha value is -2.83. The summed E-state index contributed by atoms with van der Waals surface area (Å²) in [6.45, 7) is 0.224. The molecule has 0 aliphatic carbocycles. The maximum absolute atomic E-state index is 13.2. The van der Waals surface area contributed by atoms with Crippen LogP contribution in [0.5, 0.6) is 0 Å². The minimum atomic E-state index is -4.93. The molecule has 196 valence electrons. The van der Waals surface area contributed by atoms with Gasteiger partial charge in [0, 0.05) is 11.2 Å². The lowest BCUT2D eigenvalue weighted by atomic mass is 10.1. The Morgan fingerprint density at radius 3 is 2.30 bits per heavy atom. The molecular weight excluding hydrogens is 558 g/mol. The summed E-state index contributed by atoms with van der Waals surface area (Å²) in [5.41, 5.74) is 0.167. The van der Waals surface area contributed by atoms with Crippen LogP contribution >= 0.6 is 34.8 Å². The van der Waals surface area contributed by atoms with Gasteiger partial charge in [-0.3, -0.25) is 9.13 Å². The summed E-state index contributed by atoms with van der Waals surface area (Å²) in [5, 5.41) is 25.2. The number of aliphatic hydroxyl groups excluding tert-OH is 2. The molecule has 0 spiro atoms. The Bertz CT molecular complexity index is 1480. The molecule has 0 unspecified atom stereocenters. The number of hydrogen-bond acceptors (Lipinski definition) is 5. The SMILES string of the molecule is C[C@H](O)c1nc(Cn2cc(-c3ccc(Cl)cc3)n(C[C@H](O)C(F)(F)F)c2=O)nn1-c1ccc(Cl)c(Cl)c1. The predicted octanol–water partition coefficient (Wildman–Crippen LogP) is 4.88. The first-order chi connectivity index (χ1) is 17.3. The van der Waals surface area contributed by atoms with Crippen molar-refractivity contribution in [3.05, 3.63) is 85.9 Å². The summed E-state index contributed by atoms with van der Waals surface area (Å²) in [4.78, 5) is 17.5. The van der Waals surface area contributed by atoms with Crippen molar-refractivity contribution in [3.8, 4) is 16.9 Å². The molecule has 4 aromatic rings. The first-order valence-electron chi connectivity index (χ1n) is 10.7. The fourth-order valence-corrected chi connectivity index (χ4v) is 4.03. The fourth-order valence-electron chi connectivity index (χ4n) is 3.61. The summed E-state index contributed by atoms with van der Waals surface area (Å²) in [7, 11) is 0. The lowest BCUT2D eigenvalue weighted by Crippen LogP contribution is -2.37. The van der Waals surface area contributed by atoms with Crippen molar-refractivity contribution in [1.29, 1.82) is 0 Å². The molecule has 0 saturated heterocycles. The lowest BCUT2D eigenvalue weighted by Gasteiger charge is -2.16. The van der Waals surface area contributed by atoms with Gasteiger partial charge in [0.15, 0.2) is 17.8 Å². The molecule has 4 rings (SSSR count). The monoisotopic (exact) mass is 575 g/mol. The lowest BCUT2D eigenvalue weighted by molar-refractivity contribution is -0.207. The third kappa shape index (κ3) is 5.86. The summed E-state index contributed by atoms with van der Waals surface area (Å²) in [5.74, 6) is 0.242.